The molecular formula is C14H15N3O3. The number of hydrogen-bond acceptors (Lipinski definition) is 5. The van der Waals surface area contributed by atoms with E-state index in [4.69, 9.17) is 5.73 Å². The zero-order chi connectivity index (χ0) is 14.5. The predicted molar refractivity (Wildman–Crippen MR) is 77.4 cm³/mol. The van der Waals surface area contributed by atoms with Gasteiger partial charge in [0.15, 0.2) is 0 Å². The second-order valence-electron chi connectivity index (χ2n) is 4.31. The topological polar surface area (TPSA) is 101 Å². The van der Waals surface area contributed by atoms with Crippen LogP contribution in [0.5, 0.6) is 0 Å². The van der Waals surface area contributed by atoms with Crippen LogP contribution >= 0.6 is 0 Å². The number of nitro groups is 1. The van der Waals surface area contributed by atoms with E-state index in [0.29, 0.717) is 5.69 Å². The number of rotatable bonds is 5. The highest BCUT2D eigenvalue weighted by Crippen LogP contribution is 2.30. The number of nitrogen functional groups attached to an aromatic ring is 1. The SMILES string of the molecule is Nc1cccc(NCC(O)c2ccccc2)c1[N+](=O)[O-]. The second-order valence-corrected chi connectivity index (χ2v) is 4.31. The molecule has 2 aromatic carbocycles. The fourth-order valence-electron chi connectivity index (χ4n) is 1.91. The summed E-state index contributed by atoms with van der Waals surface area (Å²) in [5.74, 6) is 0. The lowest BCUT2D eigenvalue weighted by atomic mass is 10.1. The van der Waals surface area contributed by atoms with Crippen molar-refractivity contribution in [3.05, 3.63) is 64.2 Å². The molecule has 0 spiro atoms. The lowest BCUT2D eigenvalue weighted by molar-refractivity contribution is -0.383. The molecule has 0 aliphatic rings. The summed E-state index contributed by atoms with van der Waals surface area (Å²) in [6.45, 7) is 0.161. The third-order valence-corrected chi connectivity index (χ3v) is 2.92. The van der Waals surface area contributed by atoms with Gasteiger partial charge >= 0.3 is 5.69 Å². The molecule has 0 heterocycles. The molecule has 0 aromatic heterocycles. The fourth-order valence-corrected chi connectivity index (χ4v) is 1.91. The van der Waals surface area contributed by atoms with Crippen molar-refractivity contribution in [3.8, 4) is 0 Å². The van der Waals surface area contributed by atoms with E-state index >= 15 is 0 Å². The lowest BCUT2D eigenvalue weighted by Gasteiger charge is -2.13. The monoisotopic (exact) mass is 273 g/mol. The number of aliphatic hydroxyl groups is 1. The lowest BCUT2D eigenvalue weighted by Crippen LogP contribution is -2.13. The molecule has 4 N–H and O–H groups in total. The molecule has 2 aromatic rings. The standard InChI is InChI=1S/C14H15N3O3/c15-11-7-4-8-12(14(11)17(19)20)16-9-13(18)10-5-2-1-3-6-10/h1-8,13,16,18H,9,15H2. The van der Waals surface area contributed by atoms with Gasteiger partial charge in [0.05, 0.1) is 11.0 Å². The molecule has 0 aliphatic carbocycles. The van der Waals surface area contributed by atoms with E-state index < -0.39 is 11.0 Å². The van der Waals surface area contributed by atoms with Crippen LogP contribution in [0.2, 0.25) is 0 Å². The number of nitrogens with zero attached hydrogens (tertiary/aromatic N) is 1. The van der Waals surface area contributed by atoms with Gasteiger partial charge in [-0.3, -0.25) is 10.1 Å². The van der Waals surface area contributed by atoms with Gasteiger partial charge in [0.1, 0.15) is 11.4 Å². The Morgan fingerprint density at radius 2 is 1.90 bits per heavy atom. The molecule has 0 fully saturated rings. The van der Waals surface area contributed by atoms with E-state index in [1.807, 2.05) is 18.2 Å². The van der Waals surface area contributed by atoms with Gasteiger partial charge in [-0.2, -0.15) is 0 Å². The van der Waals surface area contributed by atoms with Crippen molar-refractivity contribution in [3.63, 3.8) is 0 Å². The summed E-state index contributed by atoms with van der Waals surface area (Å²) < 4.78 is 0. The first-order valence-electron chi connectivity index (χ1n) is 6.09. The van der Waals surface area contributed by atoms with Crippen molar-refractivity contribution in [2.24, 2.45) is 0 Å². The first-order valence-corrected chi connectivity index (χ1v) is 6.09. The third kappa shape index (κ3) is 3.04. The van der Waals surface area contributed by atoms with Crippen molar-refractivity contribution in [1.29, 1.82) is 0 Å². The molecule has 0 saturated carbocycles. The predicted octanol–water partition coefficient (Wildman–Crippen LogP) is 2.32. The average molecular weight is 273 g/mol. The maximum atomic E-state index is 11.0. The summed E-state index contributed by atoms with van der Waals surface area (Å²) in [6.07, 6.45) is -0.753. The quantitative estimate of drug-likeness (QED) is 0.441. The Morgan fingerprint density at radius 3 is 2.55 bits per heavy atom. The first-order chi connectivity index (χ1) is 9.59. The molecule has 6 heteroatoms. The average Bonchev–Trinajstić information content (AvgIpc) is 2.45. The first kappa shape index (κ1) is 13.8. The van der Waals surface area contributed by atoms with Gasteiger partial charge in [-0.15, -0.1) is 0 Å². The van der Waals surface area contributed by atoms with Crippen molar-refractivity contribution in [2.75, 3.05) is 17.6 Å². The third-order valence-electron chi connectivity index (χ3n) is 2.92. The highest BCUT2D eigenvalue weighted by molar-refractivity contribution is 5.74. The van der Waals surface area contributed by atoms with Gasteiger partial charge in [-0.05, 0) is 17.7 Å². The van der Waals surface area contributed by atoms with Crippen molar-refractivity contribution < 1.29 is 10.0 Å². The van der Waals surface area contributed by atoms with Gasteiger partial charge in [0.25, 0.3) is 0 Å². The Bertz CT molecular complexity index is 602. The minimum absolute atomic E-state index is 0.0919. The Balaban J connectivity index is 2.12. The van der Waals surface area contributed by atoms with E-state index in [1.165, 1.54) is 6.07 Å². The van der Waals surface area contributed by atoms with Crippen LogP contribution in [-0.4, -0.2) is 16.6 Å². The fraction of sp³-hybridized carbons (Fsp3) is 0.143. The number of nitrogens with two attached hydrogens (primary N) is 1. The Labute approximate surface area is 116 Å². The molecule has 0 saturated heterocycles. The number of para-hydroxylation sites is 1. The van der Waals surface area contributed by atoms with Gasteiger partial charge in [0.2, 0.25) is 0 Å². The molecule has 20 heavy (non-hydrogen) atoms. The Morgan fingerprint density at radius 1 is 1.20 bits per heavy atom. The Hall–Kier alpha value is -2.60. The largest absolute Gasteiger partial charge is 0.393 e. The summed E-state index contributed by atoms with van der Waals surface area (Å²) in [5.41, 5.74) is 6.55. The zero-order valence-corrected chi connectivity index (χ0v) is 10.7. The molecule has 104 valence electrons. The molecule has 2 rings (SSSR count). The molecule has 6 nitrogen and oxygen atoms in total. The number of hydrogen-bond donors (Lipinski definition) is 3. The minimum atomic E-state index is -0.753. The van der Waals surface area contributed by atoms with Crippen LogP contribution in [0.15, 0.2) is 48.5 Å². The van der Waals surface area contributed by atoms with Crippen LogP contribution in [0.25, 0.3) is 0 Å². The van der Waals surface area contributed by atoms with E-state index in [-0.39, 0.29) is 17.9 Å². The van der Waals surface area contributed by atoms with Crippen molar-refractivity contribution >= 4 is 17.1 Å². The van der Waals surface area contributed by atoms with E-state index in [1.54, 1.807) is 24.3 Å². The molecule has 0 aliphatic heterocycles. The van der Waals surface area contributed by atoms with Crippen LogP contribution in [0, 0.1) is 10.1 Å². The zero-order valence-electron chi connectivity index (χ0n) is 10.7. The number of benzene rings is 2. The summed E-state index contributed by atoms with van der Waals surface area (Å²) >= 11 is 0. The summed E-state index contributed by atoms with van der Waals surface area (Å²) in [7, 11) is 0. The van der Waals surface area contributed by atoms with Crippen LogP contribution in [0.3, 0.4) is 0 Å². The second kappa shape index (κ2) is 6.03. The number of anilines is 2. The molecular weight excluding hydrogens is 258 g/mol. The summed E-state index contributed by atoms with van der Waals surface area (Å²) in [4.78, 5) is 10.4. The van der Waals surface area contributed by atoms with Crippen LogP contribution in [0.4, 0.5) is 17.1 Å². The van der Waals surface area contributed by atoms with E-state index in [2.05, 4.69) is 5.32 Å². The summed E-state index contributed by atoms with van der Waals surface area (Å²) in [6, 6.07) is 13.7. The number of aliphatic hydroxyl groups excluding tert-OH is 1. The number of nitro benzene ring substituents is 1. The van der Waals surface area contributed by atoms with Crippen molar-refractivity contribution in [2.45, 2.75) is 6.10 Å². The van der Waals surface area contributed by atoms with Gasteiger partial charge in [-0.25, -0.2) is 0 Å². The van der Waals surface area contributed by atoms with Gasteiger partial charge in [0, 0.05) is 6.54 Å². The van der Waals surface area contributed by atoms with E-state index in [9.17, 15) is 15.2 Å². The highest BCUT2D eigenvalue weighted by atomic mass is 16.6. The number of nitrogens with one attached hydrogen (secondary N) is 1. The van der Waals surface area contributed by atoms with Crippen LogP contribution < -0.4 is 11.1 Å². The minimum Gasteiger partial charge on any atom is -0.393 e. The molecule has 1 atom stereocenters. The van der Waals surface area contributed by atoms with Gasteiger partial charge < -0.3 is 16.2 Å². The van der Waals surface area contributed by atoms with Crippen LogP contribution in [-0.2, 0) is 0 Å². The Kier molecular flexibility index (Phi) is 4.17. The molecule has 0 radical (unpaired) electrons. The van der Waals surface area contributed by atoms with Crippen molar-refractivity contribution in [1.82, 2.24) is 0 Å². The maximum absolute atomic E-state index is 11.0. The van der Waals surface area contributed by atoms with Crippen LogP contribution in [0.1, 0.15) is 11.7 Å². The smallest absolute Gasteiger partial charge is 0.314 e. The molecule has 0 amide bonds. The summed E-state index contributed by atoms with van der Waals surface area (Å²) in [5, 5.41) is 23.9. The molecule has 1 unspecified atom stereocenters. The maximum Gasteiger partial charge on any atom is 0.314 e. The van der Waals surface area contributed by atoms with E-state index in [0.717, 1.165) is 5.56 Å². The highest BCUT2D eigenvalue weighted by Gasteiger charge is 2.18. The molecule has 0 bridgehead atoms. The van der Waals surface area contributed by atoms with Gasteiger partial charge in [-0.1, -0.05) is 36.4 Å². The normalized spacial score (nSPS) is 11.8.